The van der Waals surface area contributed by atoms with Gasteiger partial charge in [0.15, 0.2) is 0 Å². The van der Waals surface area contributed by atoms with E-state index >= 15 is 0 Å². The summed E-state index contributed by atoms with van der Waals surface area (Å²) in [7, 11) is 1.05. The fourth-order valence-electron chi connectivity index (χ4n) is 2.06. The second-order valence-corrected chi connectivity index (χ2v) is 8.01. The van der Waals surface area contributed by atoms with E-state index in [2.05, 4.69) is 5.32 Å². The van der Waals surface area contributed by atoms with Crippen LogP contribution < -0.4 is 5.32 Å². The summed E-state index contributed by atoms with van der Waals surface area (Å²) in [6.07, 6.45) is 2.59. The zero-order valence-corrected chi connectivity index (χ0v) is 12.9. The van der Waals surface area contributed by atoms with Crippen molar-refractivity contribution in [1.82, 2.24) is 5.32 Å². The van der Waals surface area contributed by atoms with Crippen LogP contribution in [0, 0.1) is 5.82 Å². The maximum absolute atomic E-state index is 13.8. The van der Waals surface area contributed by atoms with Gasteiger partial charge in [0.2, 0.25) is 0 Å². The minimum Gasteiger partial charge on any atom is -0.347 e. The van der Waals surface area contributed by atoms with Crippen molar-refractivity contribution in [3.05, 3.63) is 28.5 Å². The van der Waals surface area contributed by atoms with Gasteiger partial charge in [-0.2, -0.15) is 0 Å². The monoisotopic (exact) mass is 339 g/mol. The van der Waals surface area contributed by atoms with Gasteiger partial charge >= 0.3 is 0 Å². The lowest BCUT2D eigenvalue weighted by Crippen LogP contribution is -2.51. The van der Waals surface area contributed by atoms with Crippen LogP contribution in [0.4, 0.5) is 4.39 Å². The van der Waals surface area contributed by atoms with Crippen LogP contribution in [0.5, 0.6) is 0 Å². The number of halogens is 3. The molecular weight excluding hydrogens is 328 g/mol. The molecule has 0 aromatic heterocycles. The van der Waals surface area contributed by atoms with Crippen molar-refractivity contribution in [3.63, 3.8) is 0 Å². The summed E-state index contributed by atoms with van der Waals surface area (Å²) in [5.74, 6) is -1.57. The Bertz CT molecular complexity index is 672. The maximum atomic E-state index is 13.8. The zero-order chi connectivity index (χ0) is 15.1. The molecule has 2 rings (SSSR count). The molecule has 0 aliphatic heterocycles. The lowest BCUT2D eigenvalue weighted by molar-refractivity contribution is 0.0846. The normalized spacial score (nSPS) is 17.4. The van der Waals surface area contributed by atoms with Crippen LogP contribution >= 0.6 is 22.3 Å². The lowest BCUT2D eigenvalue weighted by atomic mass is 9.78. The fraction of sp³-hybridized carbons (Fsp3) is 0.417. The van der Waals surface area contributed by atoms with Gasteiger partial charge in [0.25, 0.3) is 15.0 Å². The Balaban J connectivity index is 2.38. The first kappa shape index (κ1) is 15.5. The van der Waals surface area contributed by atoms with E-state index in [0.717, 1.165) is 31.4 Å². The molecule has 1 saturated carbocycles. The Morgan fingerprint density at radius 3 is 2.45 bits per heavy atom. The molecular formula is C12H12Cl2FNO3S. The Labute approximate surface area is 125 Å². The van der Waals surface area contributed by atoms with Gasteiger partial charge in [-0.15, -0.1) is 0 Å². The van der Waals surface area contributed by atoms with Crippen LogP contribution in [0.3, 0.4) is 0 Å². The predicted octanol–water partition coefficient (Wildman–Crippen LogP) is 3.08. The van der Waals surface area contributed by atoms with E-state index in [1.807, 2.05) is 6.92 Å². The summed E-state index contributed by atoms with van der Waals surface area (Å²) in [6.45, 7) is 1.85. The Hall–Kier alpha value is -0.850. The SMILES string of the molecule is CC1(NC(=O)c2cc(S(=O)(=O)Cl)c(Cl)cc2F)CCC1. The summed E-state index contributed by atoms with van der Waals surface area (Å²) >= 11 is 5.63. The average Bonchev–Trinajstić information content (AvgIpc) is 2.24. The van der Waals surface area contributed by atoms with E-state index in [0.29, 0.717) is 0 Å². The number of rotatable bonds is 3. The predicted molar refractivity (Wildman–Crippen MR) is 74.2 cm³/mol. The quantitative estimate of drug-likeness (QED) is 0.860. The highest BCUT2D eigenvalue weighted by Crippen LogP contribution is 2.32. The molecule has 1 fully saturated rings. The van der Waals surface area contributed by atoms with E-state index in [1.165, 1.54) is 0 Å². The summed E-state index contributed by atoms with van der Waals surface area (Å²) in [5, 5.41) is 2.33. The van der Waals surface area contributed by atoms with E-state index in [4.69, 9.17) is 22.3 Å². The molecule has 1 amide bonds. The van der Waals surface area contributed by atoms with Crippen molar-refractivity contribution in [1.29, 1.82) is 0 Å². The number of benzene rings is 1. The molecule has 8 heteroatoms. The average molecular weight is 340 g/mol. The number of amides is 1. The van der Waals surface area contributed by atoms with Crippen molar-refractivity contribution in [3.8, 4) is 0 Å². The molecule has 0 saturated heterocycles. The first-order valence-corrected chi connectivity index (χ1v) is 8.57. The van der Waals surface area contributed by atoms with Gasteiger partial charge < -0.3 is 5.32 Å². The molecule has 0 heterocycles. The maximum Gasteiger partial charge on any atom is 0.262 e. The van der Waals surface area contributed by atoms with Crippen LogP contribution in [0.25, 0.3) is 0 Å². The molecule has 0 unspecified atom stereocenters. The highest BCUT2D eigenvalue weighted by molar-refractivity contribution is 8.13. The topological polar surface area (TPSA) is 63.2 Å². The lowest BCUT2D eigenvalue weighted by Gasteiger charge is -2.39. The summed E-state index contributed by atoms with van der Waals surface area (Å²) in [4.78, 5) is 11.6. The highest BCUT2D eigenvalue weighted by Gasteiger charge is 2.34. The molecule has 20 heavy (non-hydrogen) atoms. The number of hydrogen-bond donors (Lipinski definition) is 1. The molecule has 1 aliphatic carbocycles. The zero-order valence-electron chi connectivity index (χ0n) is 10.5. The van der Waals surface area contributed by atoms with Crippen molar-refractivity contribution in [2.24, 2.45) is 0 Å². The number of carbonyl (C=O) groups is 1. The summed E-state index contributed by atoms with van der Waals surface area (Å²) in [6, 6.07) is 1.63. The molecule has 0 radical (unpaired) electrons. The van der Waals surface area contributed by atoms with Gasteiger partial charge in [0.05, 0.1) is 10.6 Å². The van der Waals surface area contributed by atoms with E-state index in [-0.39, 0.29) is 16.1 Å². The molecule has 1 N–H and O–H groups in total. The van der Waals surface area contributed by atoms with Gasteiger partial charge in [-0.25, -0.2) is 12.8 Å². The Morgan fingerprint density at radius 2 is 2.00 bits per heavy atom. The second-order valence-electron chi connectivity index (χ2n) is 5.07. The summed E-state index contributed by atoms with van der Waals surface area (Å²) in [5.41, 5.74) is -0.759. The third kappa shape index (κ3) is 3.07. The van der Waals surface area contributed by atoms with Gasteiger partial charge in [0, 0.05) is 16.2 Å². The first-order chi connectivity index (χ1) is 9.12. The molecule has 1 aromatic rings. The second kappa shape index (κ2) is 5.16. The highest BCUT2D eigenvalue weighted by atomic mass is 35.7. The largest absolute Gasteiger partial charge is 0.347 e. The van der Waals surface area contributed by atoms with Gasteiger partial charge in [-0.3, -0.25) is 4.79 Å². The van der Waals surface area contributed by atoms with Gasteiger partial charge in [-0.05, 0) is 38.3 Å². The number of carbonyl (C=O) groups excluding carboxylic acids is 1. The molecule has 4 nitrogen and oxygen atoms in total. The standard InChI is InChI=1S/C12H12Cl2FNO3S/c1-12(3-2-4-12)16-11(17)7-5-10(20(14,18)19)8(13)6-9(7)15/h5-6H,2-4H2,1H3,(H,16,17). The number of nitrogens with one attached hydrogen (secondary N) is 1. The minimum atomic E-state index is -4.15. The molecule has 0 spiro atoms. The third-order valence-electron chi connectivity index (χ3n) is 3.40. The molecule has 0 atom stereocenters. The smallest absolute Gasteiger partial charge is 0.262 e. The van der Waals surface area contributed by atoms with Crippen molar-refractivity contribution in [2.45, 2.75) is 36.6 Å². The molecule has 0 bridgehead atoms. The van der Waals surface area contributed by atoms with Crippen LogP contribution in [0.15, 0.2) is 17.0 Å². The minimum absolute atomic E-state index is 0.357. The van der Waals surface area contributed by atoms with E-state index in [1.54, 1.807) is 0 Å². The van der Waals surface area contributed by atoms with Crippen molar-refractivity contribution in [2.75, 3.05) is 0 Å². The fourth-order valence-corrected chi connectivity index (χ4v) is 3.57. The third-order valence-corrected chi connectivity index (χ3v) is 5.19. The van der Waals surface area contributed by atoms with Crippen LogP contribution in [0.2, 0.25) is 5.02 Å². The van der Waals surface area contributed by atoms with Gasteiger partial charge in [-0.1, -0.05) is 11.6 Å². The Kier molecular flexibility index (Phi) is 4.01. The molecule has 1 aromatic carbocycles. The van der Waals surface area contributed by atoms with E-state index < -0.39 is 25.7 Å². The van der Waals surface area contributed by atoms with Crippen LogP contribution in [-0.2, 0) is 9.05 Å². The van der Waals surface area contributed by atoms with E-state index in [9.17, 15) is 17.6 Å². The van der Waals surface area contributed by atoms with Crippen LogP contribution in [-0.4, -0.2) is 19.9 Å². The Morgan fingerprint density at radius 1 is 1.40 bits per heavy atom. The van der Waals surface area contributed by atoms with Crippen molar-refractivity contribution < 1.29 is 17.6 Å². The first-order valence-electron chi connectivity index (χ1n) is 5.89. The van der Waals surface area contributed by atoms with Crippen LogP contribution in [0.1, 0.15) is 36.5 Å². The molecule has 110 valence electrons. The molecule has 1 aliphatic rings. The van der Waals surface area contributed by atoms with Gasteiger partial charge in [0.1, 0.15) is 10.7 Å². The summed E-state index contributed by atoms with van der Waals surface area (Å²) < 4.78 is 36.4. The van der Waals surface area contributed by atoms with Crippen molar-refractivity contribution >= 4 is 37.2 Å². The number of hydrogen-bond acceptors (Lipinski definition) is 3.